The standard InChI is InChI=1S/C23H24N6O/c1-15-23(27-28-26-15)17-8-9-24-21(10-17)22-13-29(14-25-22)12-18-5-3-4-16-6-7-19(30-2)11-20(16)18/h6-11,13-14,18H,3-5,12H2,1-2H3,(H,26,27,28). The van der Waals surface area contributed by atoms with Gasteiger partial charge in [-0.3, -0.25) is 4.98 Å². The van der Waals surface area contributed by atoms with Crippen LogP contribution in [0.5, 0.6) is 5.75 Å². The molecule has 5 rings (SSSR count). The predicted molar refractivity (Wildman–Crippen MR) is 114 cm³/mol. The summed E-state index contributed by atoms with van der Waals surface area (Å²) in [6.07, 6.45) is 9.30. The molecule has 0 saturated carbocycles. The fourth-order valence-corrected chi connectivity index (χ4v) is 4.31. The molecule has 0 aliphatic heterocycles. The molecule has 30 heavy (non-hydrogen) atoms. The number of ether oxygens (including phenoxy) is 1. The van der Waals surface area contributed by atoms with E-state index < -0.39 is 0 Å². The smallest absolute Gasteiger partial charge is 0.119 e. The van der Waals surface area contributed by atoms with Crippen molar-refractivity contribution in [3.8, 4) is 28.4 Å². The topological polar surface area (TPSA) is 81.5 Å². The maximum atomic E-state index is 5.45. The van der Waals surface area contributed by atoms with Gasteiger partial charge in [-0.05, 0) is 61.6 Å². The summed E-state index contributed by atoms with van der Waals surface area (Å²) in [4.78, 5) is 9.14. The number of hydrogen-bond donors (Lipinski definition) is 1. The molecule has 0 amide bonds. The van der Waals surface area contributed by atoms with E-state index in [9.17, 15) is 0 Å². The van der Waals surface area contributed by atoms with Crippen LogP contribution in [0.4, 0.5) is 0 Å². The second-order valence-electron chi connectivity index (χ2n) is 7.80. The molecule has 3 aromatic heterocycles. The van der Waals surface area contributed by atoms with Crippen molar-refractivity contribution in [1.29, 1.82) is 0 Å². The SMILES string of the molecule is COc1ccc2c(c1)C(Cn1cnc(-c3cc(-c4n[nH]nc4C)ccn3)c1)CCC2. The van der Waals surface area contributed by atoms with Crippen LogP contribution in [0.3, 0.4) is 0 Å². The lowest BCUT2D eigenvalue weighted by Gasteiger charge is -2.26. The number of rotatable bonds is 5. The van der Waals surface area contributed by atoms with E-state index in [1.807, 2.05) is 25.4 Å². The van der Waals surface area contributed by atoms with Gasteiger partial charge in [0, 0.05) is 30.4 Å². The summed E-state index contributed by atoms with van der Waals surface area (Å²) in [6, 6.07) is 10.4. The van der Waals surface area contributed by atoms with Crippen LogP contribution >= 0.6 is 0 Å². The van der Waals surface area contributed by atoms with Crippen LogP contribution in [-0.4, -0.2) is 37.1 Å². The van der Waals surface area contributed by atoms with E-state index in [1.165, 1.54) is 24.0 Å². The Balaban J connectivity index is 1.39. The van der Waals surface area contributed by atoms with E-state index in [4.69, 9.17) is 4.74 Å². The molecule has 0 fully saturated rings. The van der Waals surface area contributed by atoms with Crippen LogP contribution in [0.2, 0.25) is 0 Å². The highest BCUT2D eigenvalue weighted by atomic mass is 16.5. The molecule has 7 heteroatoms. The number of benzene rings is 1. The number of aromatic nitrogens is 6. The highest BCUT2D eigenvalue weighted by Gasteiger charge is 2.21. The van der Waals surface area contributed by atoms with Crippen LogP contribution in [0.15, 0.2) is 49.1 Å². The van der Waals surface area contributed by atoms with Gasteiger partial charge in [0.05, 0.1) is 24.8 Å². The van der Waals surface area contributed by atoms with Crippen LogP contribution in [0, 0.1) is 6.92 Å². The van der Waals surface area contributed by atoms with Gasteiger partial charge in [0.2, 0.25) is 0 Å². The van der Waals surface area contributed by atoms with Crippen molar-refractivity contribution >= 4 is 0 Å². The molecule has 0 radical (unpaired) electrons. The maximum Gasteiger partial charge on any atom is 0.119 e. The molecule has 0 bridgehead atoms. The van der Waals surface area contributed by atoms with Crippen molar-refractivity contribution in [2.24, 2.45) is 0 Å². The number of aryl methyl sites for hydroxylation is 2. The molecule has 1 aliphatic rings. The number of nitrogens with one attached hydrogen (secondary N) is 1. The van der Waals surface area contributed by atoms with Crippen LogP contribution < -0.4 is 4.74 Å². The summed E-state index contributed by atoms with van der Waals surface area (Å²) in [5.74, 6) is 1.39. The summed E-state index contributed by atoms with van der Waals surface area (Å²) in [7, 11) is 1.73. The number of nitrogens with zero attached hydrogens (tertiary/aromatic N) is 5. The first-order valence-electron chi connectivity index (χ1n) is 10.2. The van der Waals surface area contributed by atoms with Gasteiger partial charge in [0.15, 0.2) is 0 Å². The van der Waals surface area contributed by atoms with E-state index in [0.29, 0.717) is 5.92 Å². The van der Waals surface area contributed by atoms with Gasteiger partial charge in [0.1, 0.15) is 17.1 Å². The first-order chi connectivity index (χ1) is 14.7. The quantitative estimate of drug-likeness (QED) is 0.544. The lowest BCUT2D eigenvalue weighted by atomic mass is 9.82. The van der Waals surface area contributed by atoms with E-state index in [2.05, 4.69) is 54.3 Å². The van der Waals surface area contributed by atoms with Crippen molar-refractivity contribution in [3.63, 3.8) is 0 Å². The Hall–Kier alpha value is -3.48. The van der Waals surface area contributed by atoms with Gasteiger partial charge in [-0.25, -0.2) is 4.98 Å². The number of fused-ring (bicyclic) bond motifs is 1. The van der Waals surface area contributed by atoms with E-state index in [1.54, 1.807) is 13.3 Å². The van der Waals surface area contributed by atoms with Crippen LogP contribution in [0.25, 0.3) is 22.6 Å². The maximum absolute atomic E-state index is 5.45. The highest BCUT2D eigenvalue weighted by Crippen LogP contribution is 2.35. The Morgan fingerprint density at radius 2 is 2.07 bits per heavy atom. The number of aromatic amines is 1. The highest BCUT2D eigenvalue weighted by molar-refractivity contribution is 5.67. The monoisotopic (exact) mass is 400 g/mol. The van der Waals surface area contributed by atoms with Crippen molar-refractivity contribution in [2.75, 3.05) is 7.11 Å². The Bertz CT molecular complexity index is 1180. The van der Waals surface area contributed by atoms with Crippen molar-refractivity contribution in [3.05, 3.63) is 65.9 Å². The lowest BCUT2D eigenvalue weighted by Crippen LogP contribution is -2.15. The molecule has 152 valence electrons. The number of pyridine rings is 1. The van der Waals surface area contributed by atoms with Crippen molar-refractivity contribution < 1.29 is 4.74 Å². The Morgan fingerprint density at radius 1 is 1.13 bits per heavy atom. The first kappa shape index (κ1) is 18.5. The molecule has 7 nitrogen and oxygen atoms in total. The normalized spacial score (nSPS) is 15.7. The van der Waals surface area contributed by atoms with Gasteiger partial charge in [0.25, 0.3) is 0 Å². The van der Waals surface area contributed by atoms with E-state index >= 15 is 0 Å². The third kappa shape index (κ3) is 3.47. The summed E-state index contributed by atoms with van der Waals surface area (Å²) in [6.45, 7) is 2.83. The fourth-order valence-electron chi connectivity index (χ4n) is 4.31. The molecule has 0 saturated heterocycles. The Kier molecular flexibility index (Phi) is 4.78. The minimum Gasteiger partial charge on any atom is -0.497 e. The number of H-pyrrole nitrogens is 1. The average Bonchev–Trinajstić information content (AvgIpc) is 3.43. The van der Waals surface area contributed by atoms with Gasteiger partial charge in [-0.2, -0.15) is 15.4 Å². The second kappa shape index (κ2) is 7.74. The Morgan fingerprint density at radius 3 is 2.90 bits per heavy atom. The summed E-state index contributed by atoms with van der Waals surface area (Å²) < 4.78 is 7.62. The molecular formula is C23H24N6O. The number of methoxy groups -OCH3 is 1. The molecule has 3 heterocycles. The Labute approximate surface area is 175 Å². The molecule has 1 aromatic carbocycles. The minimum atomic E-state index is 0.461. The molecular weight excluding hydrogens is 376 g/mol. The lowest BCUT2D eigenvalue weighted by molar-refractivity contribution is 0.410. The molecule has 0 spiro atoms. The summed E-state index contributed by atoms with van der Waals surface area (Å²) in [5, 5.41) is 11.0. The molecule has 1 unspecified atom stereocenters. The predicted octanol–water partition coefficient (Wildman–Crippen LogP) is 4.17. The number of hydrogen-bond acceptors (Lipinski definition) is 5. The van der Waals surface area contributed by atoms with Crippen molar-refractivity contribution in [1.82, 2.24) is 29.9 Å². The van der Waals surface area contributed by atoms with E-state index in [-0.39, 0.29) is 0 Å². The number of imidazole rings is 1. The van der Waals surface area contributed by atoms with Gasteiger partial charge in [-0.1, -0.05) is 6.07 Å². The van der Waals surface area contributed by atoms with Crippen molar-refractivity contribution in [2.45, 2.75) is 38.6 Å². The van der Waals surface area contributed by atoms with E-state index in [0.717, 1.165) is 47.1 Å². The van der Waals surface area contributed by atoms with Gasteiger partial charge in [-0.15, -0.1) is 0 Å². The van der Waals surface area contributed by atoms with Gasteiger partial charge < -0.3 is 9.30 Å². The third-order valence-corrected chi connectivity index (χ3v) is 5.87. The fraction of sp³-hybridized carbons (Fsp3) is 0.304. The molecule has 1 N–H and O–H groups in total. The van der Waals surface area contributed by atoms with Crippen LogP contribution in [-0.2, 0) is 13.0 Å². The molecule has 4 aromatic rings. The summed E-state index contributed by atoms with van der Waals surface area (Å²) >= 11 is 0. The zero-order chi connectivity index (χ0) is 20.5. The zero-order valence-corrected chi connectivity index (χ0v) is 17.2. The third-order valence-electron chi connectivity index (χ3n) is 5.87. The van der Waals surface area contributed by atoms with Crippen LogP contribution in [0.1, 0.15) is 35.6 Å². The largest absolute Gasteiger partial charge is 0.497 e. The summed E-state index contributed by atoms with van der Waals surface area (Å²) in [5.41, 5.74) is 7.21. The molecule has 1 aliphatic carbocycles. The zero-order valence-electron chi connectivity index (χ0n) is 17.2. The first-order valence-corrected chi connectivity index (χ1v) is 10.2. The average molecular weight is 400 g/mol. The minimum absolute atomic E-state index is 0.461. The van der Waals surface area contributed by atoms with Gasteiger partial charge >= 0.3 is 0 Å². The molecule has 1 atom stereocenters. The second-order valence-corrected chi connectivity index (χ2v) is 7.80.